The van der Waals surface area contributed by atoms with E-state index in [-0.39, 0.29) is 41.2 Å². The molecule has 0 saturated heterocycles. The summed E-state index contributed by atoms with van der Waals surface area (Å²) in [5.41, 5.74) is 0.475. The summed E-state index contributed by atoms with van der Waals surface area (Å²) in [6.45, 7) is 2.76. The lowest BCUT2D eigenvalue weighted by molar-refractivity contribution is -0.175. The van der Waals surface area contributed by atoms with Gasteiger partial charge in [0.2, 0.25) is 11.8 Å². The number of alkyl halides is 3. The molecule has 1 heterocycles. The third-order valence-corrected chi connectivity index (χ3v) is 7.32. The van der Waals surface area contributed by atoms with E-state index in [1.807, 2.05) is 0 Å². The molecule has 3 atom stereocenters. The fourth-order valence-electron chi connectivity index (χ4n) is 4.52. The lowest BCUT2D eigenvalue weighted by atomic mass is 9.97. The molecule has 3 aromatic rings. The molecule has 0 fully saturated rings. The first-order valence-corrected chi connectivity index (χ1v) is 15.2. The summed E-state index contributed by atoms with van der Waals surface area (Å²) in [7, 11) is 1.41. The predicted molar refractivity (Wildman–Crippen MR) is 170 cm³/mol. The molecule has 0 aliphatic rings. The normalized spacial score (nSPS) is 13.1. The predicted octanol–water partition coefficient (Wildman–Crippen LogP) is 4.18. The molecular weight excluding hydrogens is 655 g/mol. The lowest BCUT2D eigenvalue weighted by Crippen LogP contribution is -2.54. The number of amides is 4. The van der Waals surface area contributed by atoms with Crippen LogP contribution in [0.4, 0.5) is 13.2 Å². The van der Waals surface area contributed by atoms with Crippen LogP contribution < -0.4 is 26.0 Å². The van der Waals surface area contributed by atoms with E-state index in [9.17, 15) is 37.1 Å². The Morgan fingerprint density at radius 2 is 1.58 bits per heavy atom. The highest BCUT2D eigenvalue weighted by molar-refractivity contribution is 6.31. The molecule has 4 N–H and O–H groups in total. The zero-order valence-corrected chi connectivity index (χ0v) is 27.0. The number of methoxy groups -OCH3 is 1. The van der Waals surface area contributed by atoms with E-state index in [2.05, 4.69) is 26.3 Å². The van der Waals surface area contributed by atoms with Crippen LogP contribution >= 0.6 is 11.6 Å². The van der Waals surface area contributed by atoms with Gasteiger partial charge in [-0.1, -0.05) is 49.7 Å². The minimum absolute atomic E-state index is 0.0290. The summed E-state index contributed by atoms with van der Waals surface area (Å²) in [6.07, 6.45) is -3.61. The number of carbonyl (C=O) groups is 5. The standard InChI is InChI=1S/C33H35ClF3N5O6/c1-19(2)26(28(43)33(35,36)37)41-32(47)27(20-12-14-23(48-3)15-13-20)42-31(46)25(40-29(44)21-8-6-9-22(34)18-21)11-7-17-39-30(45)24-10-4-5-16-38-24/h4-6,8-10,12-16,18-19,25-27H,7,11,17H2,1-3H3,(H,39,45)(H,40,44)(H,41,47)(H,42,46). The molecule has 0 spiro atoms. The van der Waals surface area contributed by atoms with E-state index in [1.54, 1.807) is 18.2 Å². The van der Waals surface area contributed by atoms with Crippen LogP contribution in [-0.2, 0) is 14.4 Å². The minimum Gasteiger partial charge on any atom is -0.497 e. The number of nitrogens with zero attached hydrogens (tertiary/aromatic N) is 1. The highest BCUT2D eigenvalue weighted by atomic mass is 35.5. The molecule has 3 rings (SSSR count). The van der Waals surface area contributed by atoms with E-state index >= 15 is 0 Å². The number of pyridine rings is 1. The Balaban J connectivity index is 1.87. The molecular formula is C33H35ClF3N5O6. The molecule has 4 amide bonds. The Morgan fingerprint density at radius 1 is 0.875 bits per heavy atom. The zero-order valence-electron chi connectivity index (χ0n) is 26.3. The van der Waals surface area contributed by atoms with Crippen LogP contribution in [0.1, 0.15) is 59.1 Å². The molecule has 11 nitrogen and oxygen atoms in total. The highest BCUT2D eigenvalue weighted by Crippen LogP contribution is 2.23. The van der Waals surface area contributed by atoms with E-state index in [0.29, 0.717) is 5.75 Å². The van der Waals surface area contributed by atoms with Crippen molar-refractivity contribution in [3.8, 4) is 5.75 Å². The van der Waals surface area contributed by atoms with Crippen LogP contribution in [0.2, 0.25) is 5.02 Å². The van der Waals surface area contributed by atoms with Crippen molar-refractivity contribution in [3.63, 3.8) is 0 Å². The summed E-state index contributed by atoms with van der Waals surface area (Å²) in [6, 6.07) is 11.8. The quantitative estimate of drug-likeness (QED) is 0.175. The summed E-state index contributed by atoms with van der Waals surface area (Å²) in [5, 5.41) is 10.2. The van der Waals surface area contributed by atoms with Gasteiger partial charge in [-0.05, 0) is 66.8 Å². The van der Waals surface area contributed by atoms with Gasteiger partial charge in [-0.3, -0.25) is 29.0 Å². The number of hydrogen-bond donors (Lipinski definition) is 4. The van der Waals surface area contributed by atoms with Crippen molar-refractivity contribution in [2.24, 2.45) is 5.92 Å². The number of halogens is 4. The van der Waals surface area contributed by atoms with Gasteiger partial charge >= 0.3 is 6.18 Å². The number of carbonyl (C=O) groups excluding carboxylic acids is 5. The Labute approximate surface area is 280 Å². The Bertz CT molecular complexity index is 1590. The number of nitrogens with one attached hydrogen (secondary N) is 4. The van der Waals surface area contributed by atoms with Gasteiger partial charge < -0.3 is 26.0 Å². The molecule has 1 aromatic heterocycles. The first kappa shape index (κ1) is 37.5. The van der Waals surface area contributed by atoms with Gasteiger partial charge in [-0.25, -0.2) is 0 Å². The van der Waals surface area contributed by atoms with Crippen molar-refractivity contribution < 1.29 is 41.9 Å². The SMILES string of the molecule is COc1ccc(C(NC(=O)C(CCCNC(=O)c2ccccn2)NC(=O)c2cccc(Cl)c2)C(=O)NC(C(=O)C(F)(F)F)C(C)C)cc1. The van der Waals surface area contributed by atoms with Crippen LogP contribution in [0.25, 0.3) is 0 Å². The fraction of sp³-hybridized carbons (Fsp3) is 0.333. The second-order valence-electron chi connectivity index (χ2n) is 11.0. The molecule has 15 heteroatoms. The lowest BCUT2D eigenvalue weighted by Gasteiger charge is -2.27. The molecule has 0 aliphatic carbocycles. The number of ketones is 1. The van der Waals surface area contributed by atoms with E-state index in [1.165, 1.54) is 75.7 Å². The summed E-state index contributed by atoms with van der Waals surface area (Å²) >= 11 is 6.03. The Hall–Kier alpha value is -4.98. The number of hydrogen-bond acceptors (Lipinski definition) is 7. The zero-order chi connectivity index (χ0) is 35.4. The number of Topliss-reactive ketones (excluding diaryl/α,β-unsaturated/α-hetero) is 1. The van der Waals surface area contributed by atoms with Crippen molar-refractivity contribution in [1.29, 1.82) is 0 Å². The summed E-state index contributed by atoms with van der Waals surface area (Å²) < 4.78 is 45.2. The van der Waals surface area contributed by atoms with E-state index in [0.717, 1.165) is 0 Å². The van der Waals surface area contributed by atoms with Crippen molar-refractivity contribution in [2.45, 2.75) is 51.0 Å². The van der Waals surface area contributed by atoms with Gasteiger partial charge in [0.15, 0.2) is 0 Å². The van der Waals surface area contributed by atoms with Gasteiger partial charge in [0.1, 0.15) is 23.5 Å². The van der Waals surface area contributed by atoms with E-state index < -0.39 is 59.6 Å². The average Bonchev–Trinajstić information content (AvgIpc) is 3.06. The van der Waals surface area contributed by atoms with Gasteiger partial charge in [-0.15, -0.1) is 0 Å². The van der Waals surface area contributed by atoms with Crippen LogP contribution in [0, 0.1) is 5.92 Å². The molecule has 0 aliphatic heterocycles. The molecule has 2 aromatic carbocycles. The number of ether oxygens (including phenoxy) is 1. The van der Waals surface area contributed by atoms with Gasteiger partial charge in [-0.2, -0.15) is 13.2 Å². The van der Waals surface area contributed by atoms with Crippen molar-refractivity contribution in [1.82, 2.24) is 26.3 Å². The van der Waals surface area contributed by atoms with Crippen LogP contribution in [-0.4, -0.2) is 66.3 Å². The number of benzene rings is 2. The topological polar surface area (TPSA) is 156 Å². The van der Waals surface area contributed by atoms with Gasteiger partial charge in [0.25, 0.3) is 17.6 Å². The van der Waals surface area contributed by atoms with Gasteiger partial charge in [0, 0.05) is 23.3 Å². The Morgan fingerprint density at radius 3 is 2.17 bits per heavy atom. The van der Waals surface area contributed by atoms with Crippen molar-refractivity contribution in [3.05, 3.63) is 94.8 Å². The average molecular weight is 690 g/mol. The molecule has 48 heavy (non-hydrogen) atoms. The third kappa shape index (κ3) is 10.8. The number of rotatable bonds is 15. The molecule has 256 valence electrons. The molecule has 0 saturated carbocycles. The summed E-state index contributed by atoms with van der Waals surface area (Å²) in [5.74, 6) is -5.77. The monoisotopic (exact) mass is 689 g/mol. The minimum atomic E-state index is -5.22. The third-order valence-electron chi connectivity index (χ3n) is 7.09. The molecule has 0 radical (unpaired) electrons. The maximum absolute atomic E-state index is 13.7. The maximum Gasteiger partial charge on any atom is 0.452 e. The largest absolute Gasteiger partial charge is 0.497 e. The van der Waals surface area contributed by atoms with Crippen molar-refractivity contribution >= 4 is 41.0 Å². The Kier molecular flexibility index (Phi) is 13.5. The van der Waals surface area contributed by atoms with Crippen LogP contribution in [0.15, 0.2) is 72.9 Å². The van der Waals surface area contributed by atoms with Crippen LogP contribution in [0.3, 0.4) is 0 Å². The second-order valence-corrected chi connectivity index (χ2v) is 11.4. The van der Waals surface area contributed by atoms with Crippen molar-refractivity contribution in [2.75, 3.05) is 13.7 Å². The molecule has 0 bridgehead atoms. The first-order valence-electron chi connectivity index (χ1n) is 14.8. The van der Waals surface area contributed by atoms with E-state index in [4.69, 9.17) is 16.3 Å². The number of aromatic nitrogens is 1. The summed E-state index contributed by atoms with van der Waals surface area (Å²) in [4.78, 5) is 68.9. The van der Waals surface area contributed by atoms with Crippen LogP contribution in [0.5, 0.6) is 5.75 Å². The van der Waals surface area contributed by atoms with Gasteiger partial charge in [0.05, 0.1) is 13.2 Å². The highest BCUT2D eigenvalue weighted by Gasteiger charge is 2.45. The maximum atomic E-state index is 13.7. The first-order chi connectivity index (χ1) is 22.7. The second kappa shape index (κ2) is 17.3. The smallest absolute Gasteiger partial charge is 0.452 e. The fourth-order valence-corrected chi connectivity index (χ4v) is 4.71. The molecule has 3 unspecified atom stereocenters.